The van der Waals surface area contributed by atoms with E-state index in [9.17, 15) is 18.0 Å². The number of fused-ring (bicyclic) bond motifs is 2. The van der Waals surface area contributed by atoms with Gasteiger partial charge in [-0.2, -0.15) is 13.2 Å². The van der Waals surface area contributed by atoms with Gasteiger partial charge in [-0.3, -0.25) is 19.7 Å². The van der Waals surface area contributed by atoms with Crippen LogP contribution in [0.25, 0.3) is 33.2 Å². The fourth-order valence-electron chi connectivity index (χ4n) is 6.28. The summed E-state index contributed by atoms with van der Waals surface area (Å²) in [5, 5.41) is 0.907. The number of halogens is 3. The zero-order valence-electron chi connectivity index (χ0n) is 26.7. The van der Waals surface area contributed by atoms with E-state index < -0.39 is 30.5 Å². The van der Waals surface area contributed by atoms with Crippen LogP contribution in [0, 0.1) is 0 Å². The van der Waals surface area contributed by atoms with Gasteiger partial charge in [-0.25, -0.2) is 15.0 Å². The van der Waals surface area contributed by atoms with Crippen LogP contribution in [-0.4, -0.2) is 84.0 Å². The number of hydrogen-bond donors (Lipinski definition) is 1. The maximum absolute atomic E-state index is 14.3. The number of amides is 1. The highest BCUT2D eigenvalue weighted by molar-refractivity contribution is 5.85. The fourth-order valence-corrected chi connectivity index (χ4v) is 6.28. The van der Waals surface area contributed by atoms with Gasteiger partial charge in [0.05, 0.1) is 60.0 Å². The van der Waals surface area contributed by atoms with Crippen molar-refractivity contribution in [3.8, 4) is 22.9 Å². The molecule has 7 rings (SSSR count). The molecule has 1 unspecified atom stereocenters. The Bertz CT molecular complexity index is 2120. The topological polar surface area (TPSA) is 127 Å². The summed E-state index contributed by atoms with van der Waals surface area (Å²) in [5.41, 5.74) is 3.11. The number of alkyl halides is 3. The molecule has 6 aromatic rings. The number of H-pyrrole nitrogens is 1. The van der Waals surface area contributed by atoms with Crippen LogP contribution < -0.4 is 9.47 Å². The second-order valence-electron chi connectivity index (χ2n) is 11.7. The van der Waals surface area contributed by atoms with E-state index in [0.717, 1.165) is 21.2 Å². The first-order valence-electron chi connectivity index (χ1n) is 15.6. The van der Waals surface area contributed by atoms with E-state index in [-0.39, 0.29) is 17.6 Å². The maximum atomic E-state index is 14.3. The number of pyridine rings is 1. The van der Waals surface area contributed by atoms with Crippen LogP contribution in [0.2, 0.25) is 0 Å². The molecule has 5 heterocycles. The Kier molecular flexibility index (Phi) is 8.59. The number of rotatable bonds is 8. The highest BCUT2D eigenvalue weighted by Crippen LogP contribution is 2.35. The van der Waals surface area contributed by atoms with Crippen molar-refractivity contribution in [2.75, 3.05) is 33.9 Å². The van der Waals surface area contributed by atoms with Gasteiger partial charge >= 0.3 is 6.18 Å². The standard InChI is InChI=1S/C34H32F3N9O3/c1-48-23-7-8-26-29(16-23)46(33(43-26)34(35,36)37)20-30(47)45-14-13-44(19-22-17-38-10-11-39-22)12-9-28(45)31-40-18-27(41-31)24-15-21-5-3-4-6-25(21)42-32(24)49-2/h3-8,10-11,15-18,28H,9,12-14,19-20H2,1-2H3,(H,40,41). The molecule has 1 saturated heterocycles. The number of aromatic nitrogens is 7. The van der Waals surface area contributed by atoms with Gasteiger partial charge in [-0.15, -0.1) is 0 Å². The number of carbonyl (C=O) groups is 1. The quantitative estimate of drug-likeness (QED) is 0.230. The number of carbonyl (C=O) groups excluding carboxylic acids is 1. The van der Waals surface area contributed by atoms with Gasteiger partial charge in [0.15, 0.2) is 0 Å². The van der Waals surface area contributed by atoms with E-state index in [2.05, 4.69) is 29.8 Å². The molecule has 0 saturated carbocycles. The highest BCUT2D eigenvalue weighted by Gasteiger charge is 2.39. The van der Waals surface area contributed by atoms with Crippen molar-refractivity contribution in [3.05, 3.63) is 90.7 Å². The minimum absolute atomic E-state index is 0.108. The van der Waals surface area contributed by atoms with Crippen LogP contribution in [0.1, 0.15) is 29.8 Å². The number of imidazole rings is 2. The molecule has 1 atom stereocenters. The second kappa shape index (κ2) is 13.1. The van der Waals surface area contributed by atoms with Gasteiger partial charge < -0.3 is 23.9 Å². The molecule has 0 radical (unpaired) electrons. The number of ether oxygens (including phenoxy) is 2. The maximum Gasteiger partial charge on any atom is 0.449 e. The van der Waals surface area contributed by atoms with E-state index in [1.807, 2.05) is 30.3 Å². The van der Waals surface area contributed by atoms with Crippen LogP contribution in [0.4, 0.5) is 13.2 Å². The fraction of sp³-hybridized carbons (Fsp3) is 0.294. The minimum Gasteiger partial charge on any atom is -0.497 e. The Hall–Kier alpha value is -5.57. The molecule has 1 amide bonds. The van der Waals surface area contributed by atoms with E-state index in [4.69, 9.17) is 14.5 Å². The van der Waals surface area contributed by atoms with E-state index in [1.54, 1.807) is 36.8 Å². The zero-order valence-corrected chi connectivity index (χ0v) is 26.7. The number of nitrogens with zero attached hydrogens (tertiary/aromatic N) is 8. The van der Waals surface area contributed by atoms with Gasteiger partial charge in [0.1, 0.15) is 18.1 Å². The molecule has 1 fully saturated rings. The van der Waals surface area contributed by atoms with Gasteiger partial charge in [-0.05, 0) is 30.7 Å². The monoisotopic (exact) mass is 671 g/mol. The molecule has 1 aliphatic rings. The third-order valence-corrected chi connectivity index (χ3v) is 8.66. The van der Waals surface area contributed by atoms with Crippen molar-refractivity contribution >= 4 is 27.8 Å². The molecule has 0 bridgehead atoms. The number of methoxy groups -OCH3 is 2. The second-order valence-corrected chi connectivity index (χ2v) is 11.7. The molecule has 1 N–H and O–H groups in total. The SMILES string of the molecule is COc1ccc2nc(C(F)(F)F)n(CC(=O)N3CCN(Cc4cnccn4)CCC3c3ncc(-c4cc5ccccc5nc4OC)[nH]3)c2c1. The first-order chi connectivity index (χ1) is 23.7. The molecular formula is C34H32F3N9O3. The van der Waals surface area contributed by atoms with Crippen LogP contribution >= 0.6 is 0 Å². The molecule has 12 nitrogen and oxygen atoms in total. The van der Waals surface area contributed by atoms with Gasteiger partial charge in [-0.1, -0.05) is 18.2 Å². The van der Waals surface area contributed by atoms with Crippen molar-refractivity contribution in [1.82, 2.24) is 44.3 Å². The summed E-state index contributed by atoms with van der Waals surface area (Å²) in [6, 6.07) is 13.5. The van der Waals surface area contributed by atoms with Crippen LogP contribution in [0.3, 0.4) is 0 Å². The van der Waals surface area contributed by atoms with Crippen molar-refractivity contribution < 1.29 is 27.4 Å². The number of para-hydroxylation sites is 1. The molecule has 2 aromatic carbocycles. The lowest BCUT2D eigenvalue weighted by atomic mass is 10.1. The van der Waals surface area contributed by atoms with E-state index >= 15 is 0 Å². The Morgan fingerprint density at radius 1 is 0.959 bits per heavy atom. The molecule has 0 aliphatic carbocycles. The normalized spacial score (nSPS) is 15.9. The van der Waals surface area contributed by atoms with Crippen molar-refractivity contribution in [3.63, 3.8) is 0 Å². The van der Waals surface area contributed by atoms with Crippen molar-refractivity contribution in [2.24, 2.45) is 0 Å². The summed E-state index contributed by atoms with van der Waals surface area (Å²) >= 11 is 0. The molecule has 252 valence electrons. The molecular weight excluding hydrogens is 639 g/mol. The Morgan fingerprint density at radius 3 is 2.59 bits per heavy atom. The van der Waals surface area contributed by atoms with Crippen LogP contribution in [0.5, 0.6) is 11.6 Å². The third kappa shape index (κ3) is 6.48. The van der Waals surface area contributed by atoms with Gasteiger partial charge in [0.2, 0.25) is 17.6 Å². The summed E-state index contributed by atoms with van der Waals surface area (Å²) in [5.74, 6) is -0.422. The zero-order chi connectivity index (χ0) is 34.1. The average molecular weight is 672 g/mol. The predicted octanol–water partition coefficient (Wildman–Crippen LogP) is 5.28. The first kappa shape index (κ1) is 32.0. The van der Waals surface area contributed by atoms with E-state index in [1.165, 1.54) is 25.3 Å². The van der Waals surface area contributed by atoms with Crippen LogP contribution in [-0.2, 0) is 24.1 Å². The first-order valence-corrected chi connectivity index (χ1v) is 15.6. The van der Waals surface area contributed by atoms with Crippen molar-refractivity contribution in [1.29, 1.82) is 0 Å². The average Bonchev–Trinajstić information content (AvgIpc) is 3.68. The summed E-state index contributed by atoms with van der Waals surface area (Å²) in [6.07, 6.45) is 2.23. The summed E-state index contributed by atoms with van der Waals surface area (Å²) in [6.45, 7) is 1.17. The Labute approximate surface area is 278 Å². The predicted molar refractivity (Wildman–Crippen MR) is 174 cm³/mol. The lowest BCUT2D eigenvalue weighted by Crippen LogP contribution is -2.40. The molecule has 0 spiro atoms. The number of hydrogen-bond acceptors (Lipinski definition) is 9. The van der Waals surface area contributed by atoms with Gasteiger partial charge in [0, 0.05) is 56.2 Å². The third-order valence-electron chi connectivity index (χ3n) is 8.66. The minimum atomic E-state index is -4.79. The van der Waals surface area contributed by atoms with E-state index in [0.29, 0.717) is 54.8 Å². The number of benzene rings is 2. The molecule has 1 aliphatic heterocycles. The molecule has 4 aromatic heterocycles. The Morgan fingerprint density at radius 2 is 1.82 bits per heavy atom. The van der Waals surface area contributed by atoms with Crippen LogP contribution in [0.15, 0.2) is 73.3 Å². The number of nitrogens with one attached hydrogen (secondary N) is 1. The van der Waals surface area contributed by atoms with Gasteiger partial charge in [0.25, 0.3) is 0 Å². The highest BCUT2D eigenvalue weighted by atomic mass is 19.4. The smallest absolute Gasteiger partial charge is 0.449 e. The Balaban J connectivity index is 1.25. The number of aromatic amines is 1. The largest absolute Gasteiger partial charge is 0.497 e. The molecule has 15 heteroatoms. The summed E-state index contributed by atoms with van der Waals surface area (Å²) in [4.78, 5) is 43.1. The lowest BCUT2D eigenvalue weighted by Gasteiger charge is -2.29. The lowest BCUT2D eigenvalue weighted by molar-refractivity contribution is -0.148. The van der Waals surface area contributed by atoms with Crippen molar-refractivity contribution in [2.45, 2.75) is 31.7 Å². The molecule has 49 heavy (non-hydrogen) atoms. The summed E-state index contributed by atoms with van der Waals surface area (Å²) in [7, 11) is 2.97. The summed E-state index contributed by atoms with van der Waals surface area (Å²) < 4.78 is 54.6.